The molecule has 1 N–H and O–H groups in total. The standard InChI is InChI=1S/C18H11Br3N2O3/c1-9-4-5-12(26-18(25)10-3-2-6-22-8-10)11(7-9)16(24)15-13(19)14(20)17(21)23-15/h2-8,23H,1H3. The maximum Gasteiger partial charge on any atom is 0.345 e. The molecule has 132 valence electrons. The number of H-pyrrole nitrogens is 1. The molecule has 3 aromatic rings. The van der Waals surface area contributed by atoms with Crippen LogP contribution in [0.25, 0.3) is 0 Å². The number of hydrogen-bond acceptors (Lipinski definition) is 4. The van der Waals surface area contributed by atoms with E-state index in [1.54, 1.807) is 36.5 Å². The van der Waals surface area contributed by atoms with E-state index in [-0.39, 0.29) is 17.1 Å². The summed E-state index contributed by atoms with van der Waals surface area (Å²) in [6.07, 6.45) is 2.98. The van der Waals surface area contributed by atoms with Crippen LogP contribution in [-0.2, 0) is 0 Å². The molecule has 5 nitrogen and oxygen atoms in total. The third kappa shape index (κ3) is 3.82. The van der Waals surface area contributed by atoms with Gasteiger partial charge in [0.25, 0.3) is 0 Å². The average Bonchev–Trinajstić information content (AvgIpc) is 2.90. The zero-order valence-corrected chi connectivity index (χ0v) is 18.1. The highest BCUT2D eigenvalue weighted by Crippen LogP contribution is 2.36. The summed E-state index contributed by atoms with van der Waals surface area (Å²) >= 11 is 10.1. The van der Waals surface area contributed by atoms with Gasteiger partial charge in [0.15, 0.2) is 0 Å². The summed E-state index contributed by atoms with van der Waals surface area (Å²) in [5, 5.41) is 0. The van der Waals surface area contributed by atoms with Gasteiger partial charge in [0.1, 0.15) is 11.4 Å². The van der Waals surface area contributed by atoms with Crippen molar-refractivity contribution in [3.05, 3.63) is 78.7 Å². The fourth-order valence-corrected chi connectivity index (χ4v) is 3.71. The van der Waals surface area contributed by atoms with Gasteiger partial charge in [-0.3, -0.25) is 9.78 Å². The fourth-order valence-electron chi connectivity index (χ4n) is 2.27. The number of carbonyl (C=O) groups is 2. The Hall–Kier alpha value is -1.77. The van der Waals surface area contributed by atoms with E-state index in [0.29, 0.717) is 24.8 Å². The molecule has 26 heavy (non-hydrogen) atoms. The lowest BCUT2D eigenvalue weighted by atomic mass is 10.0. The maximum absolute atomic E-state index is 13.0. The van der Waals surface area contributed by atoms with Gasteiger partial charge in [0, 0.05) is 12.4 Å². The molecule has 0 aliphatic rings. The van der Waals surface area contributed by atoms with Crippen molar-refractivity contribution in [1.29, 1.82) is 0 Å². The third-order valence-corrected chi connectivity index (χ3v) is 6.79. The van der Waals surface area contributed by atoms with Gasteiger partial charge in [-0.1, -0.05) is 11.6 Å². The molecule has 0 radical (unpaired) electrons. The van der Waals surface area contributed by atoms with Crippen LogP contribution in [0.4, 0.5) is 0 Å². The molecule has 0 aliphatic heterocycles. The SMILES string of the molecule is Cc1ccc(OC(=O)c2cccnc2)c(C(=O)c2[nH]c(Br)c(Br)c2Br)c1. The minimum Gasteiger partial charge on any atom is -0.422 e. The number of ether oxygens (including phenoxy) is 1. The van der Waals surface area contributed by atoms with E-state index < -0.39 is 5.97 Å². The number of pyridine rings is 1. The first-order valence-corrected chi connectivity index (χ1v) is 9.76. The normalized spacial score (nSPS) is 10.6. The Bertz CT molecular complexity index is 1000. The molecule has 0 saturated heterocycles. The van der Waals surface area contributed by atoms with Crippen molar-refractivity contribution < 1.29 is 14.3 Å². The number of aromatic nitrogens is 2. The number of carbonyl (C=O) groups excluding carboxylic acids is 2. The summed E-state index contributed by atoms with van der Waals surface area (Å²) < 4.78 is 7.37. The second-order valence-corrected chi connectivity index (χ2v) is 7.78. The van der Waals surface area contributed by atoms with Crippen LogP contribution in [0.5, 0.6) is 5.75 Å². The Morgan fingerprint density at radius 1 is 1.12 bits per heavy atom. The van der Waals surface area contributed by atoms with Crippen LogP contribution in [0.15, 0.2) is 56.3 Å². The van der Waals surface area contributed by atoms with E-state index in [1.165, 1.54) is 6.20 Å². The Morgan fingerprint density at radius 2 is 1.88 bits per heavy atom. The predicted molar refractivity (Wildman–Crippen MR) is 108 cm³/mol. The van der Waals surface area contributed by atoms with Crippen molar-refractivity contribution in [3.63, 3.8) is 0 Å². The van der Waals surface area contributed by atoms with Gasteiger partial charge in [-0.15, -0.1) is 0 Å². The number of rotatable bonds is 4. The highest BCUT2D eigenvalue weighted by Gasteiger charge is 2.23. The Balaban J connectivity index is 1.99. The second kappa shape index (κ2) is 7.85. The molecule has 0 spiro atoms. The van der Waals surface area contributed by atoms with E-state index in [9.17, 15) is 9.59 Å². The van der Waals surface area contributed by atoms with Crippen LogP contribution in [0.2, 0.25) is 0 Å². The fraction of sp³-hybridized carbons (Fsp3) is 0.0556. The minimum atomic E-state index is -0.580. The largest absolute Gasteiger partial charge is 0.422 e. The van der Waals surface area contributed by atoms with Crippen LogP contribution in [0.3, 0.4) is 0 Å². The number of benzene rings is 1. The topological polar surface area (TPSA) is 72.0 Å². The predicted octanol–water partition coefficient (Wildman–Crippen LogP) is 5.46. The van der Waals surface area contributed by atoms with Crippen LogP contribution in [-0.4, -0.2) is 21.7 Å². The molecule has 8 heteroatoms. The molecule has 0 saturated carbocycles. The number of nitrogens with one attached hydrogen (secondary N) is 1. The Kier molecular flexibility index (Phi) is 5.74. The highest BCUT2D eigenvalue weighted by atomic mass is 79.9. The van der Waals surface area contributed by atoms with Gasteiger partial charge in [-0.2, -0.15) is 0 Å². The number of nitrogens with zero attached hydrogens (tertiary/aromatic N) is 1. The van der Waals surface area contributed by atoms with E-state index in [0.717, 1.165) is 5.56 Å². The molecule has 2 heterocycles. The third-order valence-electron chi connectivity index (χ3n) is 3.55. The first kappa shape index (κ1) is 19.0. The molecule has 0 unspecified atom stereocenters. The van der Waals surface area contributed by atoms with Crippen molar-refractivity contribution >= 4 is 59.5 Å². The van der Waals surface area contributed by atoms with Crippen molar-refractivity contribution in [2.24, 2.45) is 0 Å². The second-order valence-electron chi connectivity index (χ2n) is 5.40. The summed E-state index contributed by atoms with van der Waals surface area (Å²) in [4.78, 5) is 32.2. The monoisotopic (exact) mass is 540 g/mol. The molecule has 2 aromatic heterocycles. The van der Waals surface area contributed by atoms with Gasteiger partial charge >= 0.3 is 5.97 Å². The zero-order chi connectivity index (χ0) is 18.8. The molecule has 0 bridgehead atoms. The Morgan fingerprint density at radius 3 is 2.50 bits per heavy atom. The van der Waals surface area contributed by atoms with Gasteiger partial charge in [-0.05, 0) is 79.0 Å². The molecular formula is C18H11Br3N2O3. The summed E-state index contributed by atoms with van der Waals surface area (Å²) in [6.45, 7) is 1.86. The van der Waals surface area contributed by atoms with Gasteiger partial charge in [0.2, 0.25) is 5.78 Å². The molecule has 1 aromatic carbocycles. The molecular weight excluding hydrogens is 532 g/mol. The molecule has 0 atom stereocenters. The number of hydrogen-bond donors (Lipinski definition) is 1. The quantitative estimate of drug-likeness (QED) is 0.270. The van der Waals surface area contributed by atoms with E-state index in [4.69, 9.17) is 4.74 Å². The van der Waals surface area contributed by atoms with Gasteiger partial charge in [-0.25, -0.2) is 4.79 Å². The average molecular weight is 543 g/mol. The molecule has 0 aliphatic carbocycles. The first-order chi connectivity index (χ1) is 12.4. The number of halogens is 3. The van der Waals surface area contributed by atoms with Crippen LogP contribution in [0, 0.1) is 6.92 Å². The van der Waals surface area contributed by atoms with Crippen LogP contribution >= 0.6 is 47.8 Å². The number of aromatic amines is 1. The lowest BCUT2D eigenvalue weighted by Crippen LogP contribution is -2.13. The van der Waals surface area contributed by atoms with Crippen LogP contribution in [0.1, 0.15) is 32.0 Å². The minimum absolute atomic E-state index is 0.184. The Labute approximate surface area is 174 Å². The smallest absolute Gasteiger partial charge is 0.345 e. The van der Waals surface area contributed by atoms with Gasteiger partial charge < -0.3 is 9.72 Å². The molecule has 3 rings (SSSR count). The van der Waals surface area contributed by atoms with E-state index >= 15 is 0 Å². The maximum atomic E-state index is 13.0. The van der Waals surface area contributed by atoms with Crippen LogP contribution < -0.4 is 4.74 Å². The lowest BCUT2D eigenvalue weighted by molar-refractivity contribution is 0.0732. The van der Waals surface area contributed by atoms with Gasteiger partial charge in [0.05, 0.1) is 24.7 Å². The first-order valence-electron chi connectivity index (χ1n) is 7.38. The van der Waals surface area contributed by atoms with Crippen molar-refractivity contribution in [2.75, 3.05) is 0 Å². The zero-order valence-electron chi connectivity index (χ0n) is 13.3. The molecule has 0 fully saturated rings. The van der Waals surface area contributed by atoms with Crippen molar-refractivity contribution in [1.82, 2.24) is 9.97 Å². The summed E-state index contributed by atoms with van der Waals surface area (Å²) in [5.74, 6) is -0.701. The van der Waals surface area contributed by atoms with Crippen molar-refractivity contribution in [2.45, 2.75) is 6.92 Å². The number of ketones is 1. The van der Waals surface area contributed by atoms with E-state index in [2.05, 4.69) is 57.8 Å². The number of aryl methyl sites for hydroxylation is 1. The number of esters is 1. The summed E-state index contributed by atoms with van der Waals surface area (Å²) in [6, 6.07) is 8.31. The van der Waals surface area contributed by atoms with Crippen molar-refractivity contribution in [3.8, 4) is 5.75 Å². The summed E-state index contributed by atoms with van der Waals surface area (Å²) in [5.41, 5.74) is 1.80. The molecule has 0 amide bonds. The van der Waals surface area contributed by atoms with E-state index in [1.807, 2.05) is 6.92 Å². The highest BCUT2D eigenvalue weighted by molar-refractivity contribution is 9.14. The lowest BCUT2D eigenvalue weighted by Gasteiger charge is -2.10. The summed E-state index contributed by atoms with van der Waals surface area (Å²) in [7, 11) is 0.